The second kappa shape index (κ2) is 8.48. The predicted octanol–water partition coefficient (Wildman–Crippen LogP) is 4.50. The first kappa shape index (κ1) is 20.8. The van der Waals surface area contributed by atoms with E-state index in [-0.39, 0.29) is 5.91 Å². The lowest BCUT2D eigenvalue weighted by molar-refractivity contribution is 0.102. The molecule has 0 spiro atoms. The number of nitriles is 1. The summed E-state index contributed by atoms with van der Waals surface area (Å²) in [6.45, 7) is 2.00. The van der Waals surface area contributed by atoms with Gasteiger partial charge in [0, 0.05) is 40.7 Å². The average molecular weight is 445 g/mol. The fourth-order valence-corrected chi connectivity index (χ4v) is 3.74. The van der Waals surface area contributed by atoms with E-state index < -0.39 is 0 Å². The Labute approximate surface area is 195 Å². The molecule has 1 amide bonds. The molecule has 0 saturated heterocycles. The Hall–Kier alpha value is -5.03. The van der Waals surface area contributed by atoms with E-state index in [0.717, 1.165) is 27.7 Å². The van der Waals surface area contributed by atoms with Crippen LogP contribution in [0.2, 0.25) is 0 Å². The molecule has 0 aliphatic heterocycles. The van der Waals surface area contributed by atoms with Gasteiger partial charge in [0.05, 0.1) is 22.8 Å². The molecular weight excluding hydrogens is 426 g/mol. The smallest absolute Gasteiger partial charge is 0.255 e. The number of pyridine rings is 1. The number of nitrogen functional groups attached to an aromatic ring is 1. The third-order valence-electron chi connectivity index (χ3n) is 5.54. The topological polar surface area (TPSA) is 123 Å². The van der Waals surface area contributed by atoms with E-state index in [0.29, 0.717) is 28.5 Å². The summed E-state index contributed by atoms with van der Waals surface area (Å²) in [5.74, 6) is 0.806. The maximum absolute atomic E-state index is 12.7. The second-order valence-electron chi connectivity index (χ2n) is 7.79. The first-order valence-corrected chi connectivity index (χ1v) is 10.5. The number of nitrogens with one attached hydrogen (secondary N) is 1. The van der Waals surface area contributed by atoms with E-state index in [1.807, 2.05) is 60.3 Å². The lowest BCUT2D eigenvalue weighted by Crippen LogP contribution is -2.12. The maximum atomic E-state index is 12.7. The molecule has 164 valence electrons. The van der Waals surface area contributed by atoms with Gasteiger partial charge in [-0.15, -0.1) is 0 Å². The number of aryl methyl sites for hydroxylation is 1. The number of fused-ring (bicyclic) bond motifs is 1. The van der Waals surface area contributed by atoms with Gasteiger partial charge in [-0.3, -0.25) is 9.78 Å². The third kappa shape index (κ3) is 3.94. The second-order valence-corrected chi connectivity index (χ2v) is 7.79. The number of hydrogen-bond donors (Lipinski definition) is 2. The highest BCUT2D eigenvalue weighted by molar-refractivity contribution is 6.04. The standard InChI is InChI=1S/C26H19N7O/c1-16-2-7-20(32-26(34)18-5-3-17(13-27)4-6-18)10-21(16)22-11-23-19(14-29-22)8-9-33(23)25-12-24(28)30-15-31-25/h2-12,14-15H,1H3,(H,32,34)(H2,28,30,31). The molecule has 0 saturated carbocycles. The molecule has 0 aliphatic carbocycles. The van der Waals surface area contributed by atoms with E-state index in [1.165, 1.54) is 6.33 Å². The molecule has 3 heterocycles. The zero-order chi connectivity index (χ0) is 23.7. The lowest BCUT2D eigenvalue weighted by Gasteiger charge is -2.11. The highest BCUT2D eigenvalue weighted by Gasteiger charge is 2.12. The van der Waals surface area contributed by atoms with Crippen molar-refractivity contribution in [1.29, 1.82) is 5.26 Å². The molecule has 5 rings (SSSR count). The van der Waals surface area contributed by atoms with Crippen LogP contribution in [-0.2, 0) is 0 Å². The Bertz CT molecular complexity index is 1580. The van der Waals surface area contributed by atoms with Crippen LogP contribution in [0.1, 0.15) is 21.5 Å². The van der Waals surface area contributed by atoms with E-state index in [2.05, 4.69) is 20.3 Å². The summed E-state index contributed by atoms with van der Waals surface area (Å²) >= 11 is 0. The fourth-order valence-electron chi connectivity index (χ4n) is 3.74. The van der Waals surface area contributed by atoms with Crippen molar-refractivity contribution in [2.45, 2.75) is 6.92 Å². The minimum atomic E-state index is -0.252. The summed E-state index contributed by atoms with van der Waals surface area (Å²) < 4.78 is 1.93. The zero-order valence-electron chi connectivity index (χ0n) is 18.2. The Morgan fingerprint density at radius 1 is 1.03 bits per heavy atom. The van der Waals surface area contributed by atoms with Crippen LogP contribution in [0.4, 0.5) is 11.5 Å². The quantitative estimate of drug-likeness (QED) is 0.420. The molecule has 5 aromatic rings. The Balaban J connectivity index is 1.49. The number of amides is 1. The van der Waals surface area contributed by atoms with E-state index in [1.54, 1.807) is 30.3 Å². The number of nitrogens with two attached hydrogens (primary N) is 1. The van der Waals surface area contributed by atoms with Gasteiger partial charge >= 0.3 is 0 Å². The SMILES string of the molecule is Cc1ccc(NC(=O)c2ccc(C#N)cc2)cc1-c1cc2c(ccn2-c2cc(N)ncn2)cn1. The molecule has 0 unspecified atom stereocenters. The fraction of sp³-hybridized carbons (Fsp3) is 0.0385. The van der Waals surface area contributed by atoms with Gasteiger partial charge < -0.3 is 15.6 Å². The van der Waals surface area contributed by atoms with Crippen molar-refractivity contribution in [3.05, 3.63) is 96.1 Å². The molecule has 0 aliphatic rings. The van der Waals surface area contributed by atoms with Crippen molar-refractivity contribution in [3.8, 4) is 23.1 Å². The summed E-state index contributed by atoms with van der Waals surface area (Å²) in [7, 11) is 0. The number of rotatable bonds is 4. The van der Waals surface area contributed by atoms with Crippen LogP contribution < -0.4 is 11.1 Å². The number of aromatic nitrogens is 4. The van der Waals surface area contributed by atoms with Crippen LogP contribution in [0.15, 0.2) is 79.4 Å². The minimum Gasteiger partial charge on any atom is -0.384 e. The molecule has 0 atom stereocenters. The zero-order valence-corrected chi connectivity index (χ0v) is 18.2. The van der Waals surface area contributed by atoms with Crippen LogP contribution in [0.3, 0.4) is 0 Å². The van der Waals surface area contributed by atoms with Gasteiger partial charge in [-0.25, -0.2) is 9.97 Å². The highest BCUT2D eigenvalue weighted by atomic mass is 16.1. The van der Waals surface area contributed by atoms with Gasteiger partial charge in [0.25, 0.3) is 5.91 Å². The third-order valence-corrected chi connectivity index (χ3v) is 5.54. The van der Waals surface area contributed by atoms with Crippen LogP contribution in [0, 0.1) is 18.3 Å². The van der Waals surface area contributed by atoms with Crippen LogP contribution >= 0.6 is 0 Å². The molecule has 8 heteroatoms. The molecule has 3 N–H and O–H groups in total. The highest BCUT2D eigenvalue weighted by Crippen LogP contribution is 2.29. The summed E-state index contributed by atoms with van der Waals surface area (Å²) in [5.41, 5.74) is 11.1. The van der Waals surface area contributed by atoms with E-state index in [9.17, 15) is 4.79 Å². The van der Waals surface area contributed by atoms with Crippen molar-refractivity contribution in [2.75, 3.05) is 11.1 Å². The van der Waals surface area contributed by atoms with Crippen LogP contribution in [-0.4, -0.2) is 25.4 Å². The predicted molar refractivity (Wildman–Crippen MR) is 130 cm³/mol. The number of nitrogens with zero attached hydrogens (tertiary/aromatic N) is 5. The van der Waals surface area contributed by atoms with Gasteiger partial charge in [0.15, 0.2) is 0 Å². The normalized spacial score (nSPS) is 10.7. The number of carbonyl (C=O) groups is 1. The molecule has 3 aromatic heterocycles. The molecule has 0 fully saturated rings. The first-order valence-electron chi connectivity index (χ1n) is 10.5. The molecule has 34 heavy (non-hydrogen) atoms. The summed E-state index contributed by atoms with van der Waals surface area (Å²) in [6, 6.07) is 19.9. The minimum absolute atomic E-state index is 0.252. The van der Waals surface area contributed by atoms with Gasteiger partial charge in [-0.2, -0.15) is 5.26 Å². The largest absolute Gasteiger partial charge is 0.384 e. The lowest BCUT2D eigenvalue weighted by atomic mass is 10.0. The van der Waals surface area contributed by atoms with Gasteiger partial charge in [0.2, 0.25) is 0 Å². The number of carbonyl (C=O) groups excluding carboxylic acids is 1. The van der Waals surface area contributed by atoms with Crippen molar-refractivity contribution < 1.29 is 4.79 Å². The Kier molecular flexibility index (Phi) is 5.20. The van der Waals surface area contributed by atoms with Crippen LogP contribution in [0.25, 0.3) is 28.0 Å². The molecule has 0 radical (unpaired) electrons. The first-order chi connectivity index (χ1) is 16.5. The summed E-state index contributed by atoms with van der Waals surface area (Å²) in [5, 5.41) is 12.8. The number of hydrogen-bond acceptors (Lipinski definition) is 6. The Morgan fingerprint density at radius 3 is 2.62 bits per heavy atom. The summed E-state index contributed by atoms with van der Waals surface area (Å²) in [4.78, 5) is 25.6. The van der Waals surface area contributed by atoms with Crippen molar-refractivity contribution in [1.82, 2.24) is 19.5 Å². The average Bonchev–Trinajstić information content (AvgIpc) is 3.28. The van der Waals surface area contributed by atoms with Gasteiger partial charge in [0.1, 0.15) is 18.0 Å². The maximum Gasteiger partial charge on any atom is 0.255 e. The summed E-state index contributed by atoms with van der Waals surface area (Å²) in [6.07, 6.45) is 5.16. The van der Waals surface area contributed by atoms with E-state index >= 15 is 0 Å². The van der Waals surface area contributed by atoms with Crippen molar-refractivity contribution in [2.24, 2.45) is 0 Å². The van der Waals surface area contributed by atoms with E-state index in [4.69, 9.17) is 11.0 Å². The number of benzene rings is 2. The van der Waals surface area contributed by atoms with Crippen molar-refractivity contribution >= 4 is 28.3 Å². The molecule has 0 bridgehead atoms. The van der Waals surface area contributed by atoms with Crippen molar-refractivity contribution in [3.63, 3.8) is 0 Å². The van der Waals surface area contributed by atoms with Crippen LogP contribution in [0.5, 0.6) is 0 Å². The molecular formula is C26H19N7O. The molecule has 8 nitrogen and oxygen atoms in total. The molecule has 2 aromatic carbocycles. The number of anilines is 2. The Morgan fingerprint density at radius 2 is 1.85 bits per heavy atom. The van der Waals surface area contributed by atoms with Gasteiger partial charge in [-0.05, 0) is 61.0 Å². The van der Waals surface area contributed by atoms with Gasteiger partial charge in [-0.1, -0.05) is 6.07 Å². The monoisotopic (exact) mass is 445 g/mol.